The van der Waals surface area contributed by atoms with Gasteiger partial charge in [0.05, 0.1) is 10.6 Å². The lowest BCUT2D eigenvalue weighted by Crippen LogP contribution is -2.50. The van der Waals surface area contributed by atoms with Crippen LogP contribution in [0.3, 0.4) is 0 Å². The summed E-state index contributed by atoms with van der Waals surface area (Å²) in [4.78, 5) is 30.1. The van der Waals surface area contributed by atoms with Crippen molar-refractivity contribution in [2.75, 3.05) is 31.9 Å². The maximum absolute atomic E-state index is 12.3. The first-order chi connectivity index (χ1) is 11.6. The quantitative estimate of drug-likeness (QED) is 0.762. The first-order valence-electron chi connectivity index (χ1n) is 7.62. The van der Waals surface area contributed by atoms with Gasteiger partial charge in [0.2, 0.25) is 5.91 Å². The molecule has 0 aliphatic carbocycles. The first-order valence-corrected chi connectivity index (χ1v) is 9.87. The van der Waals surface area contributed by atoms with E-state index in [1.807, 2.05) is 51.6 Å². The molecule has 24 heavy (non-hydrogen) atoms. The molecule has 2 aromatic rings. The molecule has 0 unspecified atom stereocenters. The van der Waals surface area contributed by atoms with Crippen LogP contribution in [0.25, 0.3) is 0 Å². The van der Waals surface area contributed by atoms with Crippen molar-refractivity contribution in [1.29, 1.82) is 0 Å². The Morgan fingerprint density at radius 1 is 1.04 bits per heavy atom. The van der Waals surface area contributed by atoms with E-state index < -0.39 is 0 Å². The van der Waals surface area contributed by atoms with Gasteiger partial charge in [-0.3, -0.25) is 9.59 Å². The molecule has 1 aromatic carbocycles. The molecule has 1 aliphatic rings. The SMILES string of the molecule is O=C(CSc1ccc(Cl)cc1)N1CCN(C(=O)c2cccs2)CC1. The van der Waals surface area contributed by atoms with Crippen LogP contribution in [0, 0.1) is 0 Å². The molecular weight excluding hydrogens is 364 g/mol. The Morgan fingerprint density at radius 3 is 2.33 bits per heavy atom. The molecular formula is C17H17ClN2O2S2. The summed E-state index contributed by atoms with van der Waals surface area (Å²) in [5, 5.41) is 2.60. The zero-order chi connectivity index (χ0) is 16.9. The molecule has 2 heterocycles. The molecule has 1 fully saturated rings. The van der Waals surface area contributed by atoms with Crippen molar-refractivity contribution in [3.05, 3.63) is 51.7 Å². The average Bonchev–Trinajstić information content (AvgIpc) is 3.15. The predicted octanol–water partition coefficient (Wildman–Crippen LogP) is 3.48. The molecule has 0 bridgehead atoms. The molecule has 1 aliphatic heterocycles. The number of amides is 2. The van der Waals surface area contributed by atoms with Crippen molar-refractivity contribution < 1.29 is 9.59 Å². The Balaban J connectivity index is 1.46. The normalized spacial score (nSPS) is 14.7. The highest BCUT2D eigenvalue weighted by atomic mass is 35.5. The predicted molar refractivity (Wildman–Crippen MR) is 99.0 cm³/mol. The maximum atomic E-state index is 12.3. The second-order valence-electron chi connectivity index (χ2n) is 5.39. The number of benzene rings is 1. The van der Waals surface area contributed by atoms with Gasteiger partial charge in [-0.2, -0.15) is 0 Å². The van der Waals surface area contributed by atoms with Crippen LogP contribution >= 0.6 is 34.7 Å². The minimum atomic E-state index is 0.0626. The molecule has 3 rings (SSSR count). The molecule has 0 spiro atoms. The van der Waals surface area contributed by atoms with Crippen LogP contribution in [0.15, 0.2) is 46.7 Å². The molecule has 126 valence electrons. The van der Waals surface area contributed by atoms with Gasteiger partial charge in [-0.15, -0.1) is 23.1 Å². The van der Waals surface area contributed by atoms with Gasteiger partial charge in [-0.05, 0) is 35.7 Å². The number of carbonyl (C=O) groups excluding carboxylic acids is 2. The largest absolute Gasteiger partial charge is 0.338 e. The van der Waals surface area contributed by atoms with Gasteiger partial charge in [0.1, 0.15) is 0 Å². The number of hydrogen-bond acceptors (Lipinski definition) is 4. The van der Waals surface area contributed by atoms with Crippen molar-refractivity contribution in [2.45, 2.75) is 4.90 Å². The number of rotatable bonds is 4. The Labute approximate surface area is 154 Å². The van der Waals surface area contributed by atoms with Crippen LogP contribution < -0.4 is 0 Å². The summed E-state index contributed by atoms with van der Waals surface area (Å²) in [6, 6.07) is 11.2. The van der Waals surface area contributed by atoms with Crippen molar-refractivity contribution in [3.63, 3.8) is 0 Å². The second kappa shape index (κ2) is 8.05. The van der Waals surface area contributed by atoms with Crippen molar-refractivity contribution >= 4 is 46.5 Å². The fourth-order valence-corrected chi connectivity index (χ4v) is 4.10. The summed E-state index contributed by atoms with van der Waals surface area (Å²) in [6.07, 6.45) is 0. The van der Waals surface area contributed by atoms with Gasteiger partial charge >= 0.3 is 0 Å². The van der Waals surface area contributed by atoms with E-state index in [-0.39, 0.29) is 11.8 Å². The third-order valence-corrected chi connectivity index (χ3v) is 5.93. The van der Waals surface area contributed by atoms with E-state index in [9.17, 15) is 9.59 Å². The highest BCUT2D eigenvalue weighted by Gasteiger charge is 2.25. The van der Waals surface area contributed by atoms with Crippen LogP contribution in [0.2, 0.25) is 5.02 Å². The van der Waals surface area contributed by atoms with Gasteiger partial charge in [-0.1, -0.05) is 17.7 Å². The lowest BCUT2D eigenvalue weighted by molar-refractivity contribution is -0.129. The second-order valence-corrected chi connectivity index (χ2v) is 7.83. The van der Waals surface area contributed by atoms with Crippen molar-refractivity contribution in [2.24, 2.45) is 0 Å². The third-order valence-electron chi connectivity index (χ3n) is 3.83. The van der Waals surface area contributed by atoms with E-state index in [0.29, 0.717) is 37.0 Å². The summed E-state index contributed by atoms with van der Waals surface area (Å²) in [5.41, 5.74) is 0. The maximum Gasteiger partial charge on any atom is 0.264 e. The standard InChI is InChI=1S/C17H17ClN2O2S2/c18-13-3-5-14(6-4-13)24-12-16(21)19-7-9-20(10-8-19)17(22)15-2-1-11-23-15/h1-6,11H,7-10,12H2. The molecule has 0 radical (unpaired) electrons. The van der Waals surface area contributed by atoms with Crippen molar-refractivity contribution in [3.8, 4) is 0 Å². The Kier molecular flexibility index (Phi) is 5.81. The smallest absolute Gasteiger partial charge is 0.264 e. The lowest BCUT2D eigenvalue weighted by atomic mass is 10.3. The Hall–Kier alpha value is -1.50. The highest BCUT2D eigenvalue weighted by molar-refractivity contribution is 8.00. The molecule has 0 saturated carbocycles. The minimum absolute atomic E-state index is 0.0626. The van der Waals surface area contributed by atoms with Crippen LogP contribution in [-0.4, -0.2) is 53.5 Å². The van der Waals surface area contributed by atoms with Gasteiger partial charge in [-0.25, -0.2) is 0 Å². The highest BCUT2D eigenvalue weighted by Crippen LogP contribution is 2.21. The number of hydrogen-bond donors (Lipinski definition) is 0. The molecule has 0 N–H and O–H groups in total. The monoisotopic (exact) mass is 380 g/mol. The summed E-state index contributed by atoms with van der Waals surface area (Å²) >= 11 is 8.82. The summed E-state index contributed by atoms with van der Waals surface area (Å²) < 4.78 is 0. The van der Waals surface area contributed by atoms with E-state index in [1.54, 1.807) is 0 Å². The van der Waals surface area contributed by atoms with Crippen LogP contribution in [0.1, 0.15) is 9.67 Å². The number of nitrogens with zero attached hydrogens (tertiary/aromatic N) is 2. The number of halogens is 1. The molecule has 1 aromatic heterocycles. The third kappa shape index (κ3) is 4.32. The van der Waals surface area contributed by atoms with E-state index in [1.165, 1.54) is 23.1 Å². The Morgan fingerprint density at radius 2 is 1.71 bits per heavy atom. The van der Waals surface area contributed by atoms with E-state index >= 15 is 0 Å². The lowest BCUT2D eigenvalue weighted by Gasteiger charge is -2.34. The fourth-order valence-electron chi connectivity index (χ4n) is 2.48. The fraction of sp³-hybridized carbons (Fsp3) is 0.294. The van der Waals surface area contributed by atoms with Crippen molar-refractivity contribution in [1.82, 2.24) is 9.80 Å². The van der Waals surface area contributed by atoms with E-state index in [0.717, 1.165) is 9.77 Å². The van der Waals surface area contributed by atoms with Crippen LogP contribution in [-0.2, 0) is 4.79 Å². The average molecular weight is 381 g/mol. The number of thiophene rings is 1. The Bertz CT molecular complexity index is 696. The zero-order valence-electron chi connectivity index (χ0n) is 13.0. The first kappa shape index (κ1) is 17.3. The van der Waals surface area contributed by atoms with E-state index in [4.69, 9.17) is 11.6 Å². The number of carbonyl (C=O) groups is 2. The summed E-state index contributed by atoms with van der Waals surface area (Å²) in [5.74, 6) is 0.575. The topological polar surface area (TPSA) is 40.6 Å². The minimum Gasteiger partial charge on any atom is -0.338 e. The van der Waals surface area contributed by atoms with E-state index in [2.05, 4.69) is 0 Å². The van der Waals surface area contributed by atoms with Crippen LogP contribution in [0.5, 0.6) is 0 Å². The summed E-state index contributed by atoms with van der Waals surface area (Å²) in [6.45, 7) is 2.37. The molecule has 4 nitrogen and oxygen atoms in total. The molecule has 1 saturated heterocycles. The summed E-state index contributed by atoms with van der Waals surface area (Å²) in [7, 11) is 0. The van der Waals surface area contributed by atoms with Crippen LogP contribution in [0.4, 0.5) is 0 Å². The van der Waals surface area contributed by atoms with Gasteiger partial charge in [0.25, 0.3) is 5.91 Å². The number of thioether (sulfide) groups is 1. The van der Waals surface area contributed by atoms with Gasteiger partial charge in [0, 0.05) is 36.1 Å². The molecule has 0 atom stereocenters. The van der Waals surface area contributed by atoms with Gasteiger partial charge < -0.3 is 9.80 Å². The molecule has 2 amide bonds. The zero-order valence-corrected chi connectivity index (χ0v) is 15.4. The molecule has 7 heteroatoms. The van der Waals surface area contributed by atoms with Gasteiger partial charge in [0.15, 0.2) is 0 Å². The number of piperazine rings is 1.